The number of primary amides is 1. The normalized spacial score (nSPS) is 30.4. The molecule has 0 aliphatic carbocycles. The minimum atomic E-state index is -3.06. The van der Waals surface area contributed by atoms with E-state index in [1.807, 2.05) is 0 Å². The second-order valence-electron chi connectivity index (χ2n) is 2.16. The molecule has 0 aromatic rings. The first-order valence-electron chi connectivity index (χ1n) is 2.83. The number of halogens is 2. The highest BCUT2D eigenvalue weighted by molar-refractivity contribution is 5.80. The molecule has 58 valence electrons. The Kier molecular flexibility index (Phi) is 1.60. The summed E-state index contributed by atoms with van der Waals surface area (Å²) in [4.78, 5) is 10.2. The molecule has 0 aromatic carbocycles. The molecule has 1 unspecified atom stereocenters. The van der Waals surface area contributed by atoms with E-state index in [0.29, 0.717) is 0 Å². The van der Waals surface area contributed by atoms with Gasteiger partial charge in [-0.25, -0.2) is 8.78 Å². The van der Waals surface area contributed by atoms with Crippen molar-refractivity contribution < 1.29 is 18.3 Å². The van der Waals surface area contributed by atoms with Crippen LogP contribution < -0.4 is 5.73 Å². The zero-order valence-electron chi connectivity index (χ0n) is 5.14. The van der Waals surface area contributed by atoms with Crippen LogP contribution in [0, 0.1) is 0 Å². The van der Waals surface area contributed by atoms with Crippen LogP contribution in [0.15, 0.2) is 0 Å². The minimum absolute atomic E-state index is 0.0966. The van der Waals surface area contributed by atoms with E-state index in [0.717, 1.165) is 0 Å². The van der Waals surface area contributed by atoms with Crippen molar-refractivity contribution >= 4 is 5.91 Å². The summed E-state index contributed by atoms with van der Waals surface area (Å²) in [5.74, 6) is -4.16. The van der Waals surface area contributed by atoms with Crippen LogP contribution in [0.2, 0.25) is 0 Å². The Morgan fingerprint density at radius 3 is 2.50 bits per heavy atom. The van der Waals surface area contributed by atoms with Gasteiger partial charge in [0, 0.05) is 6.42 Å². The van der Waals surface area contributed by atoms with E-state index >= 15 is 0 Å². The summed E-state index contributed by atoms with van der Waals surface area (Å²) in [5.41, 5.74) is 4.63. The van der Waals surface area contributed by atoms with Crippen molar-refractivity contribution in [2.45, 2.75) is 18.4 Å². The van der Waals surface area contributed by atoms with E-state index < -0.39 is 24.4 Å². The lowest BCUT2D eigenvalue weighted by atomic mass is 10.2. The molecular formula is C5H7F2NO2. The lowest BCUT2D eigenvalue weighted by molar-refractivity contribution is -0.141. The van der Waals surface area contributed by atoms with Crippen LogP contribution in [0.5, 0.6) is 0 Å². The SMILES string of the molecule is NC(=O)C1OCCC1(F)F. The summed E-state index contributed by atoms with van der Waals surface area (Å²) in [7, 11) is 0. The fourth-order valence-electron chi connectivity index (χ4n) is 0.856. The molecular weight excluding hydrogens is 144 g/mol. The molecule has 1 atom stereocenters. The number of ether oxygens (including phenoxy) is 1. The lowest BCUT2D eigenvalue weighted by Gasteiger charge is -2.12. The molecule has 0 bridgehead atoms. The standard InChI is InChI=1S/C5H7F2NO2/c6-5(7)1-2-10-3(5)4(8)9/h3H,1-2H2,(H2,8,9). The zero-order valence-corrected chi connectivity index (χ0v) is 5.14. The first kappa shape index (κ1) is 7.40. The number of carbonyl (C=O) groups is 1. The highest BCUT2D eigenvalue weighted by atomic mass is 19.3. The van der Waals surface area contributed by atoms with Gasteiger partial charge in [0.25, 0.3) is 11.8 Å². The van der Waals surface area contributed by atoms with Crippen molar-refractivity contribution in [1.29, 1.82) is 0 Å². The average molecular weight is 151 g/mol. The molecule has 1 saturated heterocycles. The fraction of sp³-hybridized carbons (Fsp3) is 0.800. The van der Waals surface area contributed by atoms with Gasteiger partial charge < -0.3 is 10.5 Å². The molecule has 0 aromatic heterocycles. The first-order chi connectivity index (χ1) is 4.54. The van der Waals surface area contributed by atoms with E-state index in [2.05, 4.69) is 10.5 Å². The van der Waals surface area contributed by atoms with Crippen LogP contribution in [0.4, 0.5) is 8.78 Å². The maximum absolute atomic E-state index is 12.4. The summed E-state index contributed by atoms with van der Waals surface area (Å²) in [6.45, 7) is -0.0966. The van der Waals surface area contributed by atoms with Crippen LogP contribution in [0.3, 0.4) is 0 Å². The fourth-order valence-corrected chi connectivity index (χ4v) is 0.856. The van der Waals surface area contributed by atoms with Crippen molar-refractivity contribution in [3.8, 4) is 0 Å². The van der Waals surface area contributed by atoms with Crippen molar-refractivity contribution in [1.82, 2.24) is 0 Å². The molecule has 1 amide bonds. The molecule has 1 aliphatic rings. The summed E-state index contributed by atoms with van der Waals surface area (Å²) in [6.07, 6.45) is -2.13. The minimum Gasteiger partial charge on any atom is -0.367 e. The quantitative estimate of drug-likeness (QED) is 0.568. The van der Waals surface area contributed by atoms with Gasteiger partial charge in [-0.3, -0.25) is 4.79 Å². The molecule has 0 radical (unpaired) electrons. The van der Waals surface area contributed by atoms with E-state index in [1.54, 1.807) is 0 Å². The van der Waals surface area contributed by atoms with Gasteiger partial charge in [-0.2, -0.15) is 0 Å². The molecule has 5 heteroatoms. The first-order valence-corrected chi connectivity index (χ1v) is 2.83. The van der Waals surface area contributed by atoms with E-state index in [-0.39, 0.29) is 6.61 Å². The predicted molar refractivity (Wildman–Crippen MR) is 28.5 cm³/mol. The lowest BCUT2D eigenvalue weighted by Crippen LogP contribution is -2.40. The number of hydrogen-bond donors (Lipinski definition) is 1. The molecule has 10 heavy (non-hydrogen) atoms. The van der Waals surface area contributed by atoms with Gasteiger partial charge in [0.2, 0.25) is 0 Å². The second-order valence-corrected chi connectivity index (χ2v) is 2.16. The van der Waals surface area contributed by atoms with Gasteiger partial charge >= 0.3 is 0 Å². The van der Waals surface area contributed by atoms with Crippen molar-refractivity contribution in [2.75, 3.05) is 6.61 Å². The predicted octanol–water partition coefficient (Wildman–Crippen LogP) is -0.104. The maximum atomic E-state index is 12.4. The van der Waals surface area contributed by atoms with Gasteiger partial charge in [0.15, 0.2) is 6.10 Å². The monoisotopic (exact) mass is 151 g/mol. The molecule has 2 N–H and O–H groups in total. The van der Waals surface area contributed by atoms with Crippen LogP contribution in [-0.2, 0) is 9.53 Å². The number of hydrogen-bond acceptors (Lipinski definition) is 2. The third-order valence-corrected chi connectivity index (χ3v) is 1.36. The molecule has 1 fully saturated rings. The highest BCUT2D eigenvalue weighted by Crippen LogP contribution is 2.30. The molecule has 0 spiro atoms. The number of alkyl halides is 2. The molecule has 1 aliphatic heterocycles. The number of carbonyl (C=O) groups excluding carboxylic acids is 1. The Hall–Kier alpha value is -0.710. The highest BCUT2D eigenvalue weighted by Gasteiger charge is 2.48. The average Bonchev–Trinajstić information content (AvgIpc) is 2.08. The molecule has 1 heterocycles. The van der Waals surface area contributed by atoms with Gasteiger partial charge in [-0.05, 0) is 0 Å². The summed E-state index contributed by atoms with van der Waals surface area (Å²) >= 11 is 0. The maximum Gasteiger partial charge on any atom is 0.284 e. The number of rotatable bonds is 1. The van der Waals surface area contributed by atoms with Gasteiger partial charge in [-0.1, -0.05) is 0 Å². The smallest absolute Gasteiger partial charge is 0.284 e. The van der Waals surface area contributed by atoms with Gasteiger partial charge in [0.1, 0.15) is 0 Å². The topological polar surface area (TPSA) is 52.3 Å². The van der Waals surface area contributed by atoms with Crippen LogP contribution in [-0.4, -0.2) is 24.5 Å². The van der Waals surface area contributed by atoms with Gasteiger partial charge in [-0.15, -0.1) is 0 Å². The Labute approximate surface area is 56.1 Å². The summed E-state index contributed by atoms with van der Waals surface area (Å²) in [6, 6.07) is 0. The Morgan fingerprint density at radius 2 is 2.30 bits per heavy atom. The number of amides is 1. The van der Waals surface area contributed by atoms with Crippen molar-refractivity contribution in [2.24, 2.45) is 5.73 Å². The van der Waals surface area contributed by atoms with E-state index in [9.17, 15) is 13.6 Å². The van der Waals surface area contributed by atoms with Gasteiger partial charge in [0.05, 0.1) is 6.61 Å². The molecule has 0 saturated carbocycles. The van der Waals surface area contributed by atoms with E-state index in [4.69, 9.17) is 0 Å². The second kappa shape index (κ2) is 2.16. The van der Waals surface area contributed by atoms with Crippen molar-refractivity contribution in [3.63, 3.8) is 0 Å². The third-order valence-electron chi connectivity index (χ3n) is 1.36. The largest absolute Gasteiger partial charge is 0.367 e. The Morgan fingerprint density at radius 1 is 1.70 bits per heavy atom. The molecule has 3 nitrogen and oxygen atoms in total. The Bertz CT molecular complexity index is 160. The Balaban J connectivity index is 2.68. The zero-order chi connectivity index (χ0) is 7.78. The third kappa shape index (κ3) is 1.09. The molecule has 1 rings (SSSR count). The van der Waals surface area contributed by atoms with Crippen LogP contribution in [0.25, 0.3) is 0 Å². The van der Waals surface area contributed by atoms with E-state index in [1.165, 1.54) is 0 Å². The number of nitrogens with two attached hydrogens (primary N) is 1. The van der Waals surface area contributed by atoms with Crippen LogP contribution in [0.1, 0.15) is 6.42 Å². The summed E-state index contributed by atoms with van der Waals surface area (Å²) in [5, 5.41) is 0. The summed E-state index contributed by atoms with van der Waals surface area (Å²) < 4.78 is 29.3. The van der Waals surface area contributed by atoms with Crippen LogP contribution >= 0.6 is 0 Å². The van der Waals surface area contributed by atoms with Crippen molar-refractivity contribution in [3.05, 3.63) is 0 Å².